The summed E-state index contributed by atoms with van der Waals surface area (Å²) in [5.74, 6) is 1.13. The average Bonchev–Trinajstić information content (AvgIpc) is 1.79. The Labute approximate surface area is 136 Å². The van der Waals surface area contributed by atoms with Crippen LogP contribution in [-0.2, 0) is 25.3 Å². The summed E-state index contributed by atoms with van der Waals surface area (Å²) in [4.78, 5) is 20.3. The van der Waals surface area contributed by atoms with Crippen LogP contribution >= 0.6 is 23.5 Å². The van der Waals surface area contributed by atoms with Crippen LogP contribution < -0.4 is 59.1 Å². The van der Waals surface area contributed by atoms with Crippen molar-refractivity contribution in [2.45, 2.75) is 0 Å². The standard InChI is InChI=1S/C4H6O2S4.2Na/c5-3(7)9-1-2-10-4(6)8;;/h1-2H2,(H,5,7)(H,6,8);;/q;2*+1/p-2. The van der Waals surface area contributed by atoms with Gasteiger partial charge in [0.15, 0.2) is 0 Å². The third-order valence-electron chi connectivity index (χ3n) is 0.523. The normalized spacial score (nSPS) is 7.67. The average molecular weight is 258 g/mol. The fraction of sp³-hybridized carbons (Fsp3) is 0.500. The Kier molecular flexibility index (Phi) is 22.4. The van der Waals surface area contributed by atoms with E-state index in [9.17, 15) is 9.59 Å². The molecule has 0 rings (SSSR count). The zero-order valence-electron chi connectivity index (χ0n) is 6.86. The van der Waals surface area contributed by atoms with E-state index in [0.29, 0.717) is 11.5 Å². The summed E-state index contributed by atoms with van der Waals surface area (Å²) in [5.41, 5.74) is 0. The van der Waals surface area contributed by atoms with Crippen molar-refractivity contribution in [2.24, 2.45) is 0 Å². The van der Waals surface area contributed by atoms with Gasteiger partial charge in [0.05, 0.1) is 8.89 Å². The van der Waals surface area contributed by atoms with Crippen LogP contribution in [-0.4, -0.2) is 20.4 Å². The smallest absolute Gasteiger partial charge is 0.730 e. The molecule has 0 fully saturated rings. The Morgan fingerprint density at radius 3 is 1.33 bits per heavy atom. The molecule has 58 valence electrons. The number of rotatable bonds is 3. The zero-order chi connectivity index (χ0) is 7.98. The van der Waals surface area contributed by atoms with Crippen LogP contribution in [0, 0.1) is 0 Å². The molecule has 8 heteroatoms. The van der Waals surface area contributed by atoms with Gasteiger partial charge < -0.3 is 34.8 Å². The molecule has 0 unspecified atom stereocenters. The third kappa shape index (κ3) is 18.3. The van der Waals surface area contributed by atoms with Crippen LogP contribution in [0.15, 0.2) is 0 Å². The maximum absolute atomic E-state index is 10.1. The summed E-state index contributed by atoms with van der Waals surface area (Å²) in [6.45, 7) is 0. The predicted octanol–water partition coefficient (Wildman–Crippen LogP) is -4.21. The molecule has 0 aromatic carbocycles. The molecule has 0 aliphatic heterocycles. The number of hydrogen-bond acceptors (Lipinski definition) is 6. The van der Waals surface area contributed by atoms with E-state index in [1.165, 1.54) is 0 Å². The van der Waals surface area contributed by atoms with Gasteiger partial charge in [0.1, 0.15) is 0 Å². The van der Waals surface area contributed by atoms with Crippen molar-refractivity contribution in [3.05, 3.63) is 0 Å². The van der Waals surface area contributed by atoms with Gasteiger partial charge in [0.25, 0.3) is 0 Å². The molecular weight excluding hydrogens is 254 g/mol. The molecule has 0 aromatic heterocycles. The summed E-state index contributed by atoms with van der Waals surface area (Å²) in [7, 11) is 0. The largest absolute Gasteiger partial charge is 1.00 e. The number of hydrogen-bond donors (Lipinski definition) is 0. The molecule has 0 saturated heterocycles. The second kappa shape index (κ2) is 13.5. The van der Waals surface area contributed by atoms with Crippen molar-refractivity contribution < 1.29 is 68.7 Å². The Bertz CT molecular complexity index is 127. The minimum Gasteiger partial charge on any atom is -0.730 e. The molecule has 0 N–H and O–H groups in total. The SMILES string of the molecule is O=C([S-])SCCSC(=O)[S-].[Na+].[Na+]. The molecule has 2 nitrogen and oxygen atoms in total. The monoisotopic (exact) mass is 258 g/mol. The van der Waals surface area contributed by atoms with Gasteiger partial charge in [-0.2, -0.15) is 0 Å². The van der Waals surface area contributed by atoms with Crippen LogP contribution in [0.4, 0.5) is 9.59 Å². The maximum atomic E-state index is 10.1. The summed E-state index contributed by atoms with van der Waals surface area (Å²) < 4.78 is -0.671. The molecule has 0 radical (unpaired) electrons. The predicted molar refractivity (Wildman–Crippen MR) is 50.4 cm³/mol. The Morgan fingerprint density at radius 1 is 0.917 bits per heavy atom. The summed E-state index contributed by atoms with van der Waals surface area (Å²) in [5, 5.41) is 0. The van der Waals surface area contributed by atoms with Crippen molar-refractivity contribution in [3.8, 4) is 0 Å². The molecule has 0 spiro atoms. The van der Waals surface area contributed by atoms with Crippen molar-refractivity contribution in [3.63, 3.8) is 0 Å². The van der Waals surface area contributed by atoms with E-state index in [0.717, 1.165) is 23.5 Å². The van der Waals surface area contributed by atoms with Gasteiger partial charge in [-0.1, -0.05) is 0 Å². The first-order valence-corrected chi connectivity index (χ1v) is 5.09. The molecule has 0 saturated carbocycles. The van der Waals surface area contributed by atoms with Crippen molar-refractivity contribution in [1.29, 1.82) is 0 Å². The van der Waals surface area contributed by atoms with E-state index in [1.54, 1.807) is 0 Å². The zero-order valence-corrected chi connectivity index (χ0v) is 14.1. The van der Waals surface area contributed by atoms with Crippen molar-refractivity contribution in [2.75, 3.05) is 11.5 Å². The number of carbonyl (C=O) groups excluding carboxylic acids is 2. The first kappa shape index (κ1) is 20.0. The van der Waals surface area contributed by atoms with E-state index in [1.807, 2.05) is 0 Å². The van der Waals surface area contributed by atoms with Crippen molar-refractivity contribution >= 4 is 57.7 Å². The van der Waals surface area contributed by atoms with Gasteiger partial charge in [-0.15, -0.1) is 23.5 Å². The minimum atomic E-state index is -0.336. The molecule has 0 atom stereocenters. The second-order valence-corrected chi connectivity index (χ2v) is 4.59. The van der Waals surface area contributed by atoms with E-state index in [-0.39, 0.29) is 68.0 Å². The molecule has 0 amide bonds. The molecule has 0 aliphatic carbocycles. The third-order valence-corrected chi connectivity index (χ3v) is 2.78. The molecule has 0 aromatic rings. The van der Waals surface area contributed by atoms with Gasteiger partial charge in [-0.25, -0.2) is 0 Å². The molecule has 0 aliphatic rings. The van der Waals surface area contributed by atoms with Gasteiger partial charge in [0, 0.05) is 11.5 Å². The van der Waals surface area contributed by atoms with Crippen LogP contribution in [0.5, 0.6) is 0 Å². The number of carbonyl (C=O) groups is 2. The quantitative estimate of drug-likeness (QED) is 0.290. The minimum absolute atomic E-state index is 0. The fourth-order valence-corrected chi connectivity index (χ4v) is 1.75. The van der Waals surface area contributed by atoms with E-state index >= 15 is 0 Å². The van der Waals surface area contributed by atoms with Crippen LogP contribution in [0.3, 0.4) is 0 Å². The van der Waals surface area contributed by atoms with E-state index < -0.39 is 0 Å². The van der Waals surface area contributed by atoms with Gasteiger partial charge in [0.2, 0.25) is 0 Å². The summed E-state index contributed by atoms with van der Waals surface area (Å²) >= 11 is 10.6. The van der Waals surface area contributed by atoms with Crippen LogP contribution in [0.1, 0.15) is 0 Å². The molecule has 0 heterocycles. The second-order valence-electron chi connectivity index (χ2n) is 1.20. The molecule has 12 heavy (non-hydrogen) atoms. The van der Waals surface area contributed by atoms with Crippen molar-refractivity contribution in [1.82, 2.24) is 0 Å². The van der Waals surface area contributed by atoms with Gasteiger partial charge >= 0.3 is 59.1 Å². The first-order valence-electron chi connectivity index (χ1n) is 2.30. The molecular formula is C4H4Na2O2S4. The Balaban J connectivity index is -0.000000405. The Morgan fingerprint density at radius 2 is 1.17 bits per heavy atom. The summed E-state index contributed by atoms with van der Waals surface area (Å²) in [6, 6.07) is 0. The molecule has 0 bridgehead atoms. The van der Waals surface area contributed by atoms with Crippen LogP contribution in [0.2, 0.25) is 0 Å². The first-order chi connectivity index (χ1) is 4.63. The Hall–Kier alpha value is 2.48. The maximum Gasteiger partial charge on any atom is 1.00 e. The topological polar surface area (TPSA) is 34.1 Å². The van der Waals surface area contributed by atoms with Gasteiger partial charge in [-0.3, -0.25) is 0 Å². The van der Waals surface area contributed by atoms with E-state index in [4.69, 9.17) is 0 Å². The van der Waals surface area contributed by atoms with Crippen LogP contribution in [0.25, 0.3) is 0 Å². The number of thioether (sulfide) groups is 2. The fourth-order valence-electron chi connectivity index (χ4n) is 0.250. The van der Waals surface area contributed by atoms with Gasteiger partial charge in [-0.05, 0) is 0 Å². The van der Waals surface area contributed by atoms with E-state index in [2.05, 4.69) is 25.3 Å². The summed E-state index contributed by atoms with van der Waals surface area (Å²) in [6.07, 6.45) is 0.